The van der Waals surface area contributed by atoms with Crippen LogP contribution in [0.4, 0.5) is 15.8 Å². The third-order valence-corrected chi connectivity index (χ3v) is 4.10. The summed E-state index contributed by atoms with van der Waals surface area (Å²) >= 11 is 0. The van der Waals surface area contributed by atoms with Crippen LogP contribution in [0.1, 0.15) is 11.1 Å². The van der Waals surface area contributed by atoms with Gasteiger partial charge in [0.2, 0.25) is 5.91 Å². The minimum absolute atomic E-state index is 0.0767. The van der Waals surface area contributed by atoms with Gasteiger partial charge in [-0.3, -0.25) is 4.79 Å². The Bertz CT molecular complexity index is 876. The van der Waals surface area contributed by atoms with Gasteiger partial charge in [0.15, 0.2) is 0 Å². The molecule has 0 atom stereocenters. The Morgan fingerprint density at radius 2 is 1.44 bits per heavy atom. The lowest BCUT2D eigenvalue weighted by Gasteiger charge is -2.09. The molecule has 0 unspecified atom stereocenters. The van der Waals surface area contributed by atoms with Crippen LogP contribution in [-0.4, -0.2) is 13.0 Å². The summed E-state index contributed by atoms with van der Waals surface area (Å²) in [6.07, 6.45) is 0.296. The molecule has 0 heterocycles. The molecule has 0 aliphatic carbocycles. The molecule has 0 aliphatic rings. The zero-order valence-corrected chi connectivity index (χ0v) is 15.0. The van der Waals surface area contributed by atoms with Crippen molar-refractivity contribution < 1.29 is 13.9 Å². The SMILES string of the molecule is COc1ccc(NC(=O)Cc2ccc(NCc3ccc(F)cc3)cc2)cc1. The number of benzene rings is 3. The van der Waals surface area contributed by atoms with Gasteiger partial charge in [0.25, 0.3) is 0 Å². The van der Waals surface area contributed by atoms with Crippen molar-refractivity contribution in [3.63, 3.8) is 0 Å². The van der Waals surface area contributed by atoms with E-state index in [0.717, 1.165) is 28.3 Å². The van der Waals surface area contributed by atoms with Gasteiger partial charge in [0, 0.05) is 17.9 Å². The van der Waals surface area contributed by atoms with E-state index in [0.29, 0.717) is 13.0 Å². The fourth-order valence-electron chi connectivity index (χ4n) is 2.61. The summed E-state index contributed by atoms with van der Waals surface area (Å²) in [5.74, 6) is 0.430. The van der Waals surface area contributed by atoms with Crippen LogP contribution in [0.25, 0.3) is 0 Å². The molecule has 0 spiro atoms. The Balaban J connectivity index is 1.50. The highest BCUT2D eigenvalue weighted by Crippen LogP contribution is 2.16. The summed E-state index contributed by atoms with van der Waals surface area (Å²) in [5, 5.41) is 6.14. The summed E-state index contributed by atoms with van der Waals surface area (Å²) in [4.78, 5) is 12.2. The van der Waals surface area contributed by atoms with Crippen molar-refractivity contribution in [3.05, 3.63) is 89.7 Å². The number of carbonyl (C=O) groups excluding carboxylic acids is 1. The highest BCUT2D eigenvalue weighted by molar-refractivity contribution is 5.92. The fourth-order valence-corrected chi connectivity index (χ4v) is 2.61. The van der Waals surface area contributed by atoms with Gasteiger partial charge < -0.3 is 15.4 Å². The Hall–Kier alpha value is -3.34. The predicted molar refractivity (Wildman–Crippen MR) is 105 cm³/mol. The summed E-state index contributed by atoms with van der Waals surface area (Å²) in [6, 6.07) is 21.3. The third kappa shape index (κ3) is 5.57. The largest absolute Gasteiger partial charge is 0.497 e. The number of anilines is 2. The topological polar surface area (TPSA) is 50.4 Å². The smallest absolute Gasteiger partial charge is 0.228 e. The normalized spacial score (nSPS) is 10.3. The maximum Gasteiger partial charge on any atom is 0.228 e. The number of methoxy groups -OCH3 is 1. The van der Waals surface area contributed by atoms with Crippen molar-refractivity contribution in [2.45, 2.75) is 13.0 Å². The van der Waals surface area contributed by atoms with Crippen molar-refractivity contribution in [1.29, 1.82) is 0 Å². The number of amides is 1. The van der Waals surface area contributed by atoms with Crippen molar-refractivity contribution in [1.82, 2.24) is 0 Å². The molecule has 3 rings (SSSR count). The van der Waals surface area contributed by atoms with Crippen LogP contribution >= 0.6 is 0 Å². The van der Waals surface area contributed by atoms with Crippen LogP contribution in [-0.2, 0) is 17.8 Å². The molecule has 5 heteroatoms. The van der Waals surface area contributed by atoms with Crippen LogP contribution in [0.15, 0.2) is 72.8 Å². The highest BCUT2D eigenvalue weighted by atomic mass is 19.1. The number of ether oxygens (including phenoxy) is 1. The lowest BCUT2D eigenvalue weighted by atomic mass is 10.1. The van der Waals surface area contributed by atoms with Crippen molar-refractivity contribution in [3.8, 4) is 5.75 Å². The number of hydrogen-bond acceptors (Lipinski definition) is 3. The molecule has 0 aliphatic heterocycles. The maximum absolute atomic E-state index is 12.9. The molecule has 138 valence electrons. The minimum Gasteiger partial charge on any atom is -0.497 e. The average molecular weight is 364 g/mol. The quantitative estimate of drug-likeness (QED) is 0.643. The van der Waals surface area contributed by atoms with Gasteiger partial charge in [-0.2, -0.15) is 0 Å². The van der Waals surface area contributed by atoms with Gasteiger partial charge in [0.05, 0.1) is 13.5 Å². The zero-order valence-electron chi connectivity index (χ0n) is 15.0. The van der Waals surface area contributed by atoms with E-state index < -0.39 is 0 Å². The minimum atomic E-state index is -0.240. The Kier molecular flexibility index (Phi) is 6.05. The molecule has 3 aromatic rings. The summed E-state index contributed by atoms with van der Waals surface area (Å²) in [6.45, 7) is 0.609. The number of hydrogen-bond donors (Lipinski definition) is 2. The molecule has 0 fully saturated rings. The molecule has 4 nitrogen and oxygen atoms in total. The van der Waals surface area contributed by atoms with Crippen LogP contribution in [0, 0.1) is 5.82 Å². The standard InChI is InChI=1S/C22H21FN2O2/c1-27-21-12-10-20(11-13-21)25-22(26)14-16-4-8-19(9-5-16)24-15-17-2-6-18(23)7-3-17/h2-13,24H,14-15H2,1H3,(H,25,26). The van der Waals surface area contributed by atoms with Crippen LogP contribution in [0.5, 0.6) is 5.75 Å². The second kappa shape index (κ2) is 8.85. The van der Waals surface area contributed by atoms with E-state index >= 15 is 0 Å². The Labute approximate surface area is 158 Å². The first-order valence-corrected chi connectivity index (χ1v) is 8.63. The van der Waals surface area contributed by atoms with Crippen molar-refractivity contribution >= 4 is 17.3 Å². The zero-order chi connectivity index (χ0) is 19.1. The molecule has 27 heavy (non-hydrogen) atoms. The van der Waals surface area contributed by atoms with Crippen LogP contribution in [0.3, 0.4) is 0 Å². The van der Waals surface area contributed by atoms with Gasteiger partial charge in [-0.1, -0.05) is 24.3 Å². The van der Waals surface area contributed by atoms with E-state index in [1.807, 2.05) is 24.3 Å². The van der Waals surface area contributed by atoms with E-state index in [-0.39, 0.29) is 11.7 Å². The van der Waals surface area contributed by atoms with E-state index in [1.54, 1.807) is 43.5 Å². The molecular weight excluding hydrogens is 343 g/mol. The molecule has 3 aromatic carbocycles. The van der Waals surface area contributed by atoms with Gasteiger partial charge >= 0.3 is 0 Å². The summed E-state index contributed by atoms with van der Waals surface area (Å²) in [7, 11) is 1.60. The molecule has 0 saturated carbocycles. The van der Waals surface area contributed by atoms with Gasteiger partial charge in [0.1, 0.15) is 11.6 Å². The van der Waals surface area contributed by atoms with Gasteiger partial charge in [-0.15, -0.1) is 0 Å². The van der Waals surface area contributed by atoms with Gasteiger partial charge in [-0.25, -0.2) is 4.39 Å². The van der Waals surface area contributed by atoms with Gasteiger partial charge in [-0.05, 0) is 59.7 Å². The molecule has 1 amide bonds. The van der Waals surface area contributed by atoms with E-state index in [4.69, 9.17) is 4.74 Å². The van der Waals surface area contributed by atoms with E-state index in [2.05, 4.69) is 10.6 Å². The van der Waals surface area contributed by atoms with Crippen molar-refractivity contribution in [2.24, 2.45) is 0 Å². The third-order valence-electron chi connectivity index (χ3n) is 4.10. The van der Waals surface area contributed by atoms with E-state index in [1.165, 1.54) is 12.1 Å². The monoisotopic (exact) mass is 364 g/mol. The first kappa shape index (κ1) is 18.5. The molecule has 0 aromatic heterocycles. The number of nitrogens with one attached hydrogen (secondary N) is 2. The number of rotatable bonds is 7. The Morgan fingerprint density at radius 1 is 0.852 bits per heavy atom. The number of halogens is 1. The van der Waals surface area contributed by atoms with Crippen LogP contribution in [0.2, 0.25) is 0 Å². The summed E-state index contributed by atoms with van der Waals surface area (Å²) in [5.41, 5.74) is 3.60. The molecule has 0 saturated heterocycles. The summed E-state index contributed by atoms with van der Waals surface area (Å²) < 4.78 is 18.0. The predicted octanol–water partition coefficient (Wildman–Crippen LogP) is 4.63. The first-order valence-electron chi connectivity index (χ1n) is 8.63. The highest BCUT2D eigenvalue weighted by Gasteiger charge is 2.05. The molecule has 0 bridgehead atoms. The molecular formula is C22H21FN2O2. The first-order chi connectivity index (χ1) is 13.1. The van der Waals surface area contributed by atoms with E-state index in [9.17, 15) is 9.18 Å². The van der Waals surface area contributed by atoms with Crippen molar-refractivity contribution in [2.75, 3.05) is 17.7 Å². The fraction of sp³-hybridized carbons (Fsp3) is 0.136. The van der Waals surface area contributed by atoms with Crippen LogP contribution < -0.4 is 15.4 Å². The second-order valence-corrected chi connectivity index (χ2v) is 6.13. The number of carbonyl (C=O) groups is 1. The second-order valence-electron chi connectivity index (χ2n) is 6.13. The lowest BCUT2D eigenvalue weighted by molar-refractivity contribution is -0.115. The maximum atomic E-state index is 12.9. The Morgan fingerprint density at radius 3 is 2.07 bits per heavy atom. The lowest BCUT2D eigenvalue weighted by Crippen LogP contribution is -2.14. The average Bonchev–Trinajstić information content (AvgIpc) is 2.69. The molecule has 0 radical (unpaired) electrons. The molecule has 2 N–H and O–H groups in total.